The molecule has 1 aliphatic carbocycles. The molecule has 2 unspecified atom stereocenters. The Hall–Kier alpha value is -0.0800. The van der Waals surface area contributed by atoms with Crippen molar-refractivity contribution in [1.29, 1.82) is 0 Å². The zero-order valence-corrected chi connectivity index (χ0v) is 7.96. The maximum atomic E-state index is 9.40. The maximum Gasteiger partial charge on any atom is 0.0542 e. The molecule has 0 aliphatic heterocycles. The smallest absolute Gasteiger partial charge is 0.0542 e. The Morgan fingerprint density at radius 3 is 2.92 bits per heavy atom. The molecule has 0 aromatic heterocycles. The van der Waals surface area contributed by atoms with Crippen molar-refractivity contribution < 1.29 is 9.84 Å². The first-order chi connectivity index (χ1) is 5.83. The van der Waals surface area contributed by atoms with Gasteiger partial charge in [-0.3, -0.25) is 0 Å². The molecule has 0 aromatic rings. The number of ether oxygens (including phenoxy) is 1. The first-order valence-corrected chi connectivity index (χ1v) is 5.00. The fraction of sp³-hybridized carbons (Fsp3) is 1.00. The van der Waals surface area contributed by atoms with Crippen molar-refractivity contribution in [3.63, 3.8) is 0 Å². The molecule has 12 heavy (non-hydrogen) atoms. The summed E-state index contributed by atoms with van der Waals surface area (Å²) in [6.07, 6.45) is 6.90. The van der Waals surface area contributed by atoms with Gasteiger partial charge in [-0.15, -0.1) is 0 Å². The van der Waals surface area contributed by atoms with E-state index in [1.165, 1.54) is 19.3 Å². The summed E-state index contributed by atoms with van der Waals surface area (Å²) in [6, 6.07) is 0. The van der Waals surface area contributed by atoms with Crippen LogP contribution in [0.4, 0.5) is 0 Å². The third-order valence-electron chi connectivity index (χ3n) is 2.72. The van der Waals surface area contributed by atoms with Crippen LogP contribution in [0.3, 0.4) is 0 Å². The molecule has 2 nitrogen and oxygen atoms in total. The van der Waals surface area contributed by atoms with E-state index >= 15 is 0 Å². The molecule has 1 aliphatic rings. The van der Waals surface area contributed by atoms with E-state index in [4.69, 9.17) is 4.74 Å². The molecule has 0 bridgehead atoms. The van der Waals surface area contributed by atoms with Gasteiger partial charge >= 0.3 is 0 Å². The Morgan fingerprint density at radius 1 is 1.42 bits per heavy atom. The largest absolute Gasteiger partial charge is 0.393 e. The molecule has 0 heterocycles. The zero-order chi connectivity index (χ0) is 8.81. The van der Waals surface area contributed by atoms with Crippen LogP contribution in [0.1, 0.15) is 38.5 Å². The van der Waals surface area contributed by atoms with Crippen LogP contribution in [0.15, 0.2) is 0 Å². The van der Waals surface area contributed by atoms with Gasteiger partial charge in [-0.2, -0.15) is 0 Å². The van der Waals surface area contributed by atoms with Gasteiger partial charge in [0.05, 0.1) is 6.10 Å². The normalized spacial score (nSPS) is 30.5. The fourth-order valence-electron chi connectivity index (χ4n) is 2.04. The Morgan fingerprint density at radius 2 is 2.25 bits per heavy atom. The summed E-state index contributed by atoms with van der Waals surface area (Å²) in [5.74, 6) is 0.754. The summed E-state index contributed by atoms with van der Waals surface area (Å²) in [7, 11) is 1.75. The van der Waals surface area contributed by atoms with E-state index in [0.29, 0.717) is 0 Å². The second kappa shape index (κ2) is 5.55. The summed E-state index contributed by atoms with van der Waals surface area (Å²) in [5, 5.41) is 9.40. The third-order valence-corrected chi connectivity index (χ3v) is 2.72. The van der Waals surface area contributed by atoms with Crippen LogP contribution in [-0.4, -0.2) is 24.9 Å². The molecule has 0 radical (unpaired) electrons. The summed E-state index contributed by atoms with van der Waals surface area (Å²) in [6.45, 7) is 0.868. The molecule has 2 heteroatoms. The van der Waals surface area contributed by atoms with Crippen molar-refractivity contribution in [2.45, 2.75) is 44.6 Å². The van der Waals surface area contributed by atoms with Gasteiger partial charge in [0, 0.05) is 13.7 Å². The average Bonchev–Trinajstić information content (AvgIpc) is 2.05. The topological polar surface area (TPSA) is 29.5 Å². The maximum absolute atomic E-state index is 9.40. The number of rotatable bonds is 4. The second-order valence-corrected chi connectivity index (χ2v) is 3.82. The van der Waals surface area contributed by atoms with E-state index in [2.05, 4.69) is 0 Å². The molecule has 1 saturated carbocycles. The lowest BCUT2D eigenvalue weighted by molar-refractivity contribution is 0.0932. The van der Waals surface area contributed by atoms with Gasteiger partial charge in [0.15, 0.2) is 0 Å². The van der Waals surface area contributed by atoms with Crippen LogP contribution < -0.4 is 0 Å². The first kappa shape index (κ1) is 10.0. The number of aliphatic hydroxyl groups is 1. The molecule has 0 amide bonds. The predicted molar refractivity (Wildman–Crippen MR) is 49.1 cm³/mol. The van der Waals surface area contributed by atoms with Crippen LogP contribution in [0.2, 0.25) is 0 Å². The van der Waals surface area contributed by atoms with E-state index in [0.717, 1.165) is 31.8 Å². The molecular formula is C10H20O2. The third kappa shape index (κ3) is 3.55. The van der Waals surface area contributed by atoms with Gasteiger partial charge in [-0.05, 0) is 31.6 Å². The first-order valence-electron chi connectivity index (χ1n) is 5.00. The second-order valence-electron chi connectivity index (χ2n) is 3.82. The van der Waals surface area contributed by atoms with Crippen LogP contribution in [-0.2, 0) is 4.74 Å². The standard InChI is InChI=1S/C10H20O2/c1-12-7-3-5-9-4-2-6-10(11)8-9/h9-11H,2-8H2,1H3. The molecule has 0 spiro atoms. The molecular weight excluding hydrogens is 152 g/mol. The quantitative estimate of drug-likeness (QED) is 0.657. The van der Waals surface area contributed by atoms with Crippen molar-refractivity contribution in [3.05, 3.63) is 0 Å². The van der Waals surface area contributed by atoms with Crippen molar-refractivity contribution in [3.8, 4) is 0 Å². The van der Waals surface area contributed by atoms with Gasteiger partial charge in [0.1, 0.15) is 0 Å². The Kier molecular flexibility index (Phi) is 4.62. The Bertz CT molecular complexity index is 114. The zero-order valence-electron chi connectivity index (χ0n) is 7.96. The number of methoxy groups -OCH3 is 1. The van der Waals surface area contributed by atoms with E-state index in [-0.39, 0.29) is 6.10 Å². The number of aliphatic hydroxyl groups excluding tert-OH is 1. The SMILES string of the molecule is COCCCC1CCCC(O)C1. The molecule has 0 saturated heterocycles. The van der Waals surface area contributed by atoms with E-state index in [9.17, 15) is 5.11 Å². The molecule has 1 rings (SSSR count). The predicted octanol–water partition coefficient (Wildman–Crippen LogP) is 1.96. The van der Waals surface area contributed by atoms with Gasteiger partial charge < -0.3 is 9.84 Å². The van der Waals surface area contributed by atoms with E-state index in [1.807, 2.05) is 0 Å². The highest BCUT2D eigenvalue weighted by atomic mass is 16.5. The van der Waals surface area contributed by atoms with E-state index in [1.54, 1.807) is 7.11 Å². The monoisotopic (exact) mass is 172 g/mol. The summed E-state index contributed by atoms with van der Waals surface area (Å²) in [5.41, 5.74) is 0. The lowest BCUT2D eigenvalue weighted by Gasteiger charge is -2.25. The molecule has 1 fully saturated rings. The van der Waals surface area contributed by atoms with Crippen LogP contribution in [0.5, 0.6) is 0 Å². The average molecular weight is 172 g/mol. The van der Waals surface area contributed by atoms with Crippen molar-refractivity contribution >= 4 is 0 Å². The van der Waals surface area contributed by atoms with Crippen molar-refractivity contribution in [1.82, 2.24) is 0 Å². The molecule has 0 aromatic carbocycles. The fourth-order valence-corrected chi connectivity index (χ4v) is 2.04. The minimum atomic E-state index is -0.0219. The van der Waals surface area contributed by atoms with Crippen LogP contribution in [0, 0.1) is 5.92 Å². The number of hydrogen-bond donors (Lipinski definition) is 1. The van der Waals surface area contributed by atoms with Gasteiger partial charge in [0.25, 0.3) is 0 Å². The number of hydrogen-bond acceptors (Lipinski definition) is 2. The Balaban J connectivity index is 2.06. The minimum Gasteiger partial charge on any atom is -0.393 e. The molecule has 72 valence electrons. The lowest BCUT2D eigenvalue weighted by atomic mass is 9.84. The van der Waals surface area contributed by atoms with Gasteiger partial charge in [-0.1, -0.05) is 12.8 Å². The van der Waals surface area contributed by atoms with Gasteiger partial charge in [0.2, 0.25) is 0 Å². The molecule has 2 atom stereocenters. The molecule has 1 N–H and O–H groups in total. The van der Waals surface area contributed by atoms with Crippen molar-refractivity contribution in [2.24, 2.45) is 5.92 Å². The minimum absolute atomic E-state index is 0.0219. The van der Waals surface area contributed by atoms with E-state index < -0.39 is 0 Å². The van der Waals surface area contributed by atoms with Crippen LogP contribution in [0.25, 0.3) is 0 Å². The highest BCUT2D eigenvalue weighted by molar-refractivity contribution is 4.71. The lowest BCUT2D eigenvalue weighted by Crippen LogP contribution is -2.19. The Labute approximate surface area is 74.9 Å². The highest BCUT2D eigenvalue weighted by Crippen LogP contribution is 2.27. The van der Waals surface area contributed by atoms with Crippen molar-refractivity contribution in [2.75, 3.05) is 13.7 Å². The summed E-state index contributed by atoms with van der Waals surface area (Å²) >= 11 is 0. The highest BCUT2D eigenvalue weighted by Gasteiger charge is 2.19. The van der Waals surface area contributed by atoms with Gasteiger partial charge in [-0.25, -0.2) is 0 Å². The summed E-state index contributed by atoms with van der Waals surface area (Å²) < 4.78 is 5.00. The summed E-state index contributed by atoms with van der Waals surface area (Å²) in [4.78, 5) is 0. The van der Waals surface area contributed by atoms with Crippen LogP contribution >= 0.6 is 0 Å².